The van der Waals surface area contributed by atoms with E-state index in [1.165, 1.54) is 19.3 Å². The van der Waals surface area contributed by atoms with Gasteiger partial charge in [-0.1, -0.05) is 64.7 Å². The monoisotopic (exact) mass is 530 g/mol. The van der Waals surface area contributed by atoms with Gasteiger partial charge in [-0.15, -0.1) is 11.8 Å². The fourth-order valence-electron chi connectivity index (χ4n) is 5.06. The summed E-state index contributed by atoms with van der Waals surface area (Å²) in [5, 5.41) is -0.692. The Morgan fingerprint density at radius 3 is 1.83 bits per heavy atom. The first-order valence-corrected chi connectivity index (χ1v) is 15.7. The summed E-state index contributed by atoms with van der Waals surface area (Å²) in [6.07, 6.45) is 11.5. The van der Waals surface area contributed by atoms with E-state index >= 15 is 0 Å². The Bertz CT molecular complexity index is 827. The highest BCUT2D eigenvalue weighted by Gasteiger charge is 2.41. The summed E-state index contributed by atoms with van der Waals surface area (Å²) in [7, 11) is -3.84. The molecular weight excluding hydrogens is 491 g/mol. The summed E-state index contributed by atoms with van der Waals surface area (Å²) in [6.45, 7) is 1.66. The SMILES string of the molecule is CC1CC(=O)N(CCN2C(=O)CC(SCOP(=O)(O)C3CCCCCCCCCCC3)C2=O)C1=O. The highest BCUT2D eigenvalue weighted by atomic mass is 32.2. The van der Waals surface area contributed by atoms with Gasteiger partial charge in [0.05, 0.1) is 10.9 Å². The Morgan fingerprint density at radius 1 is 0.829 bits per heavy atom. The third-order valence-corrected chi connectivity index (χ3v) is 10.4. The molecule has 3 aliphatic rings. The van der Waals surface area contributed by atoms with Crippen molar-refractivity contribution < 1.29 is 33.2 Å². The molecule has 198 valence electrons. The van der Waals surface area contributed by atoms with Gasteiger partial charge in [0.15, 0.2) is 0 Å². The molecule has 2 saturated heterocycles. The summed E-state index contributed by atoms with van der Waals surface area (Å²) in [5.41, 5.74) is -0.391. The van der Waals surface area contributed by atoms with Crippen LogP contribution in [-0.4, -0.2) is 68.3 Å². The highest BCUT2D eigenvalue weighted by Crippen LogP contribution is 2.52. The number of hydrogen-bond donors (Lipinski definition) is 1. The van der Waals surface area contributed by atoms with Crippen LogP contribution < -0.4 is 0 Å². The van der Waals surface area contributed by atoms with Crippen molar-refractivity contribution in [1.82, 2.24) is 9.80 Å². The van der Waals surface area contributed by atoms with Crippen LogP contribution >= 0.6 is 19.4 Å². The zero-order valence-corrected chi connectivity index (χ0v) is 22.4. The molecule has 35 heavy (non-hydrogen) atoms. The summed E-state index contributed by atoms with van der Waals surface area (Å²) < 4.78 is 18.4. The number of likely N-dealkylation sites (tertiary alicyclic amines) is 2. The normalized spacial score (nSPS) is 27.7. The molecule has 4 amide bonds. The Balaban J connectivity index is 1.46. The molecule has 0 aromatic heterocycles. The lowest BCUT2D eigenvalue weighted by molar-refractivity contribution is -0.144. The number of carbonyl (C=O) groups excluding carboxylic acids is 4. The molecule has 0 aromatic carbocycles. The zero-order valence-electron chi connectivity index (χ0n) is 20.7. The number of imide groups is 2. The minimum absolute atomic E-state index is 0.000888. The van der Waals surface area contributed by atoms with Crippen LogP contribution in [0.2, 0.25) is 0 Å². The second-order valence-corrected chi connectivity index (χ2v) is 13.2. The first-order chi connectivity index (χ1) is 16.7. The molecule has 2 heterocycles. The van der Waals surface area contributed by atoms with Gasteiger partial charge >= 0.3 is 7.60 Å². The average Bonchev–Trinajstić information content (AvgIpc) is 3.20. The molecule has 2 aliphatic heterocycles. The van der Waals surface area contributed by atoms with Gasteiger partial charge in [0, 0.05) is 31.8 Å². The van der Waals surface area contributed by atoms with Crippen LogP contribution in [0, 0.1) is 5.92 Å². The van der Waals surface area contributed by atoms with Crippen LogP contribution in [0.4, 0.5) is 0 Å². The van der Waals surface area contributed by atoms with E-state index < -0.39 is 24.4 Å². The number of thioether (sulfide) groups is 1. The number of carbonyl (C=O) groups is 4. The van der Waals surface area contributed by atoms with Crippen LogP contribution in [0.15, 0.2) is 0 Å². The molecule has 1 saturated carbocycles. The molecule has 0 radical (unpaired) electrons. The van der Waals surface area contributed by atoms with Gasteiger partial charge in [0.1, 0.15) is 5.94 Å². The standard InChI is InChI=1S/C24H39N2O7PS/c1-18-15-21(27)25(23(18)29)13-14-26-22(28)16-20(24(26)30)35-17-33-34(31,32)19-11-9-7-5-3-2-4-6-8-10-12-19/h18-20H,2-17H2,1H3,(H,31,32). The quantitative estimate of drug-likeness (QED) is 0.283. The van der Waals surface area contributed by atoms with Crippen molar-refractivity contribution in [3.05, 3.63) is 0 Å². The van der Waals surface area contributed by atoms with E-state index in [9.17, 15) is 28.6 Å². The molecule has 0 aromatic rings. The van der Waals surface area contributed by atoms with E-state index in [2.05, 4.69) is 0 Å². The maximum Gasteiger partial charge on any atom is 0.331 e. The minimum Gasteiger partial charge on any atom is -0.324 e. The van der Waals surface area contributed by atoms with Crippen LogP contribution in [-0.2, 0) is 28.3 Å². The van der Waals surface area contributed by atoms with Crippen molar-refractivity contribution in [3.8, 4) is 0 Å². The summed E-state index contributed by atoms with van der Waals surface area (Å²) in [5.74, 6) is -1.85. The summed E-state index contributed by atoms with van der Waals surface area (Å²) in [4.78, 5) is 62.0. The Hall–Kier alpha value is -1.22. The Kier molecular flexibility index (Phi) is 10.8. The largest absolute Gasteiger partial charge is 0.331 e. The number of nitrogens with zero attached hydrogens (tertiary/aromatic N) is 2. The third-order valence-electron chi connectivity index (χ3n) is 7.26. The van der Waals surface area contributed by atoms with Crippen molar-refractivity contribution in [1.29, 1.82) is 0 Å². The van der Waals surface area contributed by atoms with Crippen molar-refractivity contribution in [2.75, 3.05) is 19.0 Å². The van der Waals surface area contributed by atoms with Crippen molar-refractivity contribution >= 4 is 43.0 Å². The van der Waals surface area contributed by atoms with Crippen molar-refractivity contribution in [2.45, 2.75) is 101 Å². The molecule has 3 fully saturated rings. The van der Waals surface area contributed by atoms with Gasteiger partial charge in [-0.05, 0) is 12.8 Å². The molecule has 11 heteroatoms. The minimum atomic E-state index is -3.84. The van der Waals surface area contributed by atoms with Crippen molar-refractivity contribution in [2.24, 2.45) is 5.92 Å². The van der Waals surface area contributed by atoms with E-state index in [1.807, 2.05) is 0 Å². The van der Waals surface area contributed by atoms with Gasteiger partial charge in [0.2, 0.25) is 23.6 Å². The lowest BCUT2D eigenvalue weighted by Gasteiger charge is -2.23. The van der Waals surface area contributed by atoms with Gasteiger partial charge in [-0.3, -0.25) is 38.1 Å². The van der Waals surface area contributed by atoms with Gasteiger partial charge in [0.25, 0.3) is 0 Å². The van der Waals surface area contributed by atoms with E-state index in [0.29, 0.717) is 12.8 Å². The zero-order chi connectivity index (χ0) is 25.4. The molecule has 3 atom stereocenters. The smallest absolute Gasteiger partial charge is 0.324 e. The summed E-state index contributed by atoms with van der Waals surface area (Å²) >= 11 is 1.06. The van der Waals surface area contributed by atoms with E-state index in [0.717, 1.165) is 60.1 Å². The molecular formula is C24H39N2O7PS. The molecule has 0 bridgehead atoms. The van der Waals surface area contributed by atoms with Crippen molar-refractivity contribution in [3.63, 3.8) is 0 Å². The molecule has 3 unspecified atom stereocenters. The third kappa shape index (κ3) is 7.88. The maximum atomic E-state index is 13.0. The van der Waals surface area contributed by atoms with Crippen LogP contribution in [0.25, 0.3) is 0 Å². The average molecular weight is 531 g/mol. The number of hydrogen-bond acceptors (Lipinski definition) is 7. The highest BCUT2D eigenvalue weighted by molar-refractivity contribution is 8.00. The van der Waals surface area contributed by atoms with E-state index in [-0.39, 0.29) is 55.5 Å². The van der Waals surface area contributed by atoms with E-state index in [1.54, 1.807) is 6.92 Å². The second-order valence-electron chi connectivity index (χ2n) is 9.96. The molecule has 1 aliphatic carbocycles. The second kappa shape index (κ2) is 13.4. The van der Waals surface area contributed by atoms with Gasteiger partial charge in [-0.25, -0.2) is 0 Å². The molecule has 0 spiro atoms. The molecule has 9 nitrogen and oxygen atoms in total. The lowest BCUT2D eigenvalue weighted by atomic mass is 10.0. The maximum absolute atomic E-state index is 13.0. The van der Waals surface area contributed by atoms with Gasteiger partial charge < -0.3 is 4.89 Å². The molecule has 3 rings (SSSR count). The number of rotatable bonds is 8. The lowest BCUT2D eigenvalue weighted by Crippen LogP contribution is -2.41. The Labute approximate surface area is 212 Å². The van der Waals surface area contributed by atoms with Crippen LogP contribution in [0.3, 0.4) is 0 Å². The fraction of sp³-hybridized carbons (Fsp3) is 0.833. The first-order valence-electron chi connectivity index (χ1n) is 13.0. The van der Waals surface area contributed by atoms with Gasteiger partial charge in [-0.2, -0.15) is 0 Å². The fourth-order valence-corrected chi connectivity index (χ4v) is 7.83. The molecule has 1 N–H and O–H groups in total. The first kappa shape index (κ1) is 28.4. The Morgan fingerprint density at radius 2 is 1.31 bits per heavy atom. The summed E-state index contributed by atoms with van der Waals surface area (Å²) in [6, 6.07) is 0. The van der Waals surface area contributed by atoms with Crippen LogP contribution in [0.5, 0.6) is 0 Å². The van der Waals surface area contributed by atoms with Crippen LogP contribution in [0.1, 0.15) is 90.4 Å². The predicted molar refractivity (Wildman–Crippen MR) is 134 cm³/mol. The predicted octanol–water partition coefficient (Wildman–Crippen LogP) is 4.07. The van der Waals surface area contributed by atoms with E-state index in [4.69, 9.17) is 4.52 Å². The number of amides is 4. The topological polar surface area (TPSA) is 121 Å².